The number of hydrogen-bond donors (Lipinski definition) is 0. The molecule has 0 aliphatic carbocycles. The summed E-state index contributed by atoms with van der Waals surface area (Å²) in [6, 6.07) is 1.99. The van der Waals surface area contributed by atoms with Gasteiger partial charge < -0.3 is 14.2 Å². The molecule has 0 aromatic carbocycles. The monoisotopic (exact) mass is 333 g/mol. The van der Waals surface area contributed by atoms with Crippen LogP contribution in [0.3, 0.4) is 0 Å². The second-order valence-corrected chi connectivity index (χ2v) is 7.29. The fraction of sp³-hybridized carbons (Fsp3) is 0.562. The normalized spacial score (nSPS) is 26.7. The fourth-order valence-corrected chi connectivity index (χ4v) is 4.40. The van der Waals surface area contributed by atoms with Crippen molar-refractivity contribution in [3.05, 3.63) is 33.6 Å². The summed E-state index contributed by atoms with van der Waals surface area (Å²) in [5.74, 6) is 1.84. The highest BCUT2D eigenvalue weighted by Crippen LogP contribution is 2.35. The Morgan fingerprint density at radius 2 is 2.30 bits per heavy atom. The van der Waals surface area contributed by atoms with E-state index in [1.54, 1.807) is 0 Å². The zero-order valence-corrected chi connectivity index (χ0v) is 14.0. The molecule has 2 saturated heterocycles. The van der Waals surface area contributed by atoms with Crippen LogP contribution in [0.1, 0.15) is 33.4 Å². The minimum absolute atomic E-state index is 0.116. The van der Waals surface area contributed by atoms with Gasteiger partial charge in [0.2, 0.25) is 5.89 Å². The Morgan fingerprint density at radius 3 is 2.96 bits per heavy atom. The Kier molecular flexibility index (Phi) is 3.69. The number of carbonyl (C=O) groups is 1. The first kappa shape index (κ1) is 14.8. The Balaban J connectivity index is 1.36. The second-order valence-electron chi connectivity index (χ2n) is 6.37. The molecule has 0 saturated carbocycles. The van der Waals surface area contributed by atoms with Crippen LogP contribution in [-0.4, -0.2) is 46.2 Å². The standard InChI is InChI=1S/C16H19N3O3S/c1-9-3-4-23-15(9)16(20)19-7-11-5-12(21-13(11)8-19)6-14-17-10(2)18-22-14/h3-4,11-13H,5-8H2,1-2H3/t11-,12-,13+/m0/s1. The molecule has 2 fully saturated rings. The summed E-state index contributed by atoms with van der Waals surface area (Å²) in [5, 5.41) is 5.78. The Morgan fingerprint density at radius 1 is 1.43 bits per heavy atom. The van der Waals surface area contributed by atoms with E-state index in [2.05, 4.69) is 10.1 Å². The first-order chi connectivity index (χ1) is 11.1. The van der Waals surface area contributed by atoms with E-state index >= 15 is 0 Å². The SMILES string of the molecule is Cc1noc(C[C@@H]2C[C@H]3CN(C(=O)c4sccc4C)C[C@H]3O2)n1. The third-order valence-corrected chi connectivity index (χ3v) is 5.63. The van der Waals surface area contributed by atoms with Crippen molar-refractivity contribution in [2.45, 2.75) is 38.9 Å². The van der Waals surface area contributed by atoms with Crippen LogP contribution in [0.2, 0.25) is 0 Å². The van der Waals surface area contributed by atoms with E-state index in [9.17, 15) is 4.79 Å². The lowest BCUT2D eigenvalue weighted by atomic mass is 10.0. The molecule has 0 unspecified atom stereocenters. The predicted molar refractivity (Wildman–Crippen MR) is 84.5 cm³/mol. The summed E-state index contributed by atoms with van der Waals surface area (Å²) in [5.41, 5.74) is 1.06. The second kappa shape index (κ2) is 5.72. The lowest BCUT2D eigenvalue weighted by Crippen LogP contribution is -2.31. The van der Waals surface area contributed by atoms with Gasteiger partial charge in [-0.05, 0) is 37.3 Å². The molecular formula is C16H19N3O3S. The third kappa shape index (κ3) is 2.79. The minimum Gasteiger partial charge on any atom is -0.372 e. The van der Waals surface area contributed by atoms with Crippen molar-refractivity contribution in [1.29, 1.82) is 0 Å². The van der Waals surface area contributed by atoms with Gasteiger partial charge in [-0.3, -0.25) is 4.79 Å². The molecule has 4 heterocycles. The van der Waals surface area contributed by atoms with E-state index in [1.165, 1.54) is 11.3 Å². The summed E-state index contributed by atoms with van der Waals surface area (Å²) in [6.45, 7) is 5.26. The maximum Gasteiger partial charge on any atom is 0.264 e. The molecule has 122 valence electrons. The maximum absolute atomic E-state index is 12.6. The minimum atomic E-state index is 0.116. The Hall–Kier alpha value is -1.73. The van der Waals surface area contributed by atoms with Gasteiger partial charge in [-0.15, -0.1) is 11.3 Å². The fourth-order valence-electron chi connectivity index (χ4n) is 3.51. The molecule has 2 aromatic heterocycles. The van der Waals surface area contributed by atoms with Gasteiger partial charge in [-0.2, -0.15) is 4.98 Å². The molecule has 0 bridgehead atoms. The van der Waals surface area contributed by atoms with E-state index in [-0.39, 0.29) is 18.1 Å². The number of likely N-dealkylation sites (tertiary alicyclic amines) is 1. The number of amides is 1. The van der Waals surface area contributed by atoms with Crippen LogP contribution in [0.5, 0.6) is 0 Å². The Labute approximate surface area is 138 Å². The number of hydrogen-bond acceptors (Lipinski definition) is 6. The summed E-state index contributed by atoms with van der Waals surface area (Å²) >= 11 is 1.52. The first-order valence-electron chi connectivity index (χ1n) is 7.88. The van der Waals surface area contributed by atoms with Crippen LogP contribution >= 0.6 is 11.3 Å². The van der Waals surface area contributed by atoms with Crippen LogP contribution in [-0.2, 0) is 11.2 Å². The van der Waals surface area contributed by atoms with Crippen LogP contribution in [0, 0.1) is 19.8 Å². The van der Waals surface area contributed by atoms with E-state index in [0.29, 0.717) is 30.6 Å². The van der Waals surface area contributed by atoms with Crippen molar-refractivity contribution in [3.63, 3.8) is 0 Å². The van der Waals surface area contributed by atoms with Crippen molar-refractivity contribution in [1.82, 2.24) is 15.0 Å². The summed E-state index contributed by atoms with van der Waals surface area (Å²) in [7, 11) is 0. The molecule has 0 N–H and O–H groups in total. The maximum atomic E-state index is 12.6. The van der Waals surface area contributed by atoms with Crippen molar-refractivity contribution < 1.29 is 14.1 Å². The van der Waals surface area contributed by atoms with Crippen LogP contribution < -0.4 is 0 Å². The van der Waals surface area contributed by atoms with Crippen molar-refractivity contribution in [3.8, 4) is 0 Å². The lowest BCUT2D eigenvalue weighted by Gasteiger charge is -2.18. The molecule has 1 amide bonds. The molecular weight excluding hydrogens is 314 g/mol. The largest absolute Gasteiger partial charge is 0.372 e. The Bertz CT molecular complexity index is 712. The predicted octanol–water partition coefficient (Wildman–Crippen LogP) is 2.22. The number of ether oxygens (including phenoxy) is 1. The topological polar surface area (TPSA) is 68.5 Å². The third-order valence-electron chi connectivity index (χ3n) is 4.63. The summed E-state index contributed by atoms with van der Waals surface area (Å²) < 4.78 is 11.3. The molecule has 2 aliphatic rings. The summed E-state index contributed by atoms with van der Waals surface area (Å²) in [4.78, 5) is 19.6. The molecule has 2 aromatic rings. The quantitative estimate of drug-likeness (QED) is 0.861. The molecule has 23 heavy (non-hydrogen) atoms. The van der Waals surface area contributed by atoms with Crippen LogP contribution in [0.15, 0.2) is 16.0 Å². The molecule has 6 nitrogen and oxygen atoms in total. The van der Waals surface area contributed by atoms with E-state index in [1.807, 2.05) is 30.2 Å². The molecule has 4 rings (SSSR count). The van der Waals surface area contributed by atoms with Gasteiger partial charge in [0.25, 0.3) is 5.91 Å². The molecule has 2 aliphatic heterocycles. The highest BCUT2D eigenvalue weighted by molar-refractivity contribution is 7.12. The van der Waals surface area contributed by atoms with Gasteiger partial charge in [0.05, 0.1) is 23.5 Å². The zero-order chi connectivity index (χ0) is 16.0. The highest BCUT2D eigenvalue weighted by atomic mass is 32.1. The van der Waals surface area contributed by atoms with Crippen LogP contribution in [0.4, 0.5) is 0 Å². The smallest absolute Gasteiger partial charge is 0.264 e. The van der Waals surface area contributed by atoms with Gasteiger partial charge in [0.1, 0.15) is 0 Å². The average Bonchev–Trinajstić information content (AvgIpc) is 3.23. The van der Waals surface area contributed by atoms with Gasteiger partial charge in [-0.25, -0.2) is 0 Å². The number of rotatable bonds is 3. The average molecular weight is 333 g/mol. The van der Waals surface area contributed by atoms with Crippen molar-refractivity contribution in [2.75, 3.05) is 13.1 Å². The van der Waals surface area contributed by atoms with Gasteiger partial charge in [0.15, 0.2) is 5.82 Å². The number of thiophene rings is 1. The number of aryl methyl sites for hydroxylation is 2. The number of nitrogens with zero attached hydrogens (tertiary/aromatic N) is 3. The van der Waals surface area contributed by atoms with Crippen molar-refractivity contribution in [2.24, 2.45) is 5.92 Å². The van der Waals surface area contributed by atoms with E-state index in [0.717, 1.165) is 23.4 Å². The zero-order valence-electron chi connectivity index (χ0n) is 13.2. The number of aromatic nitrogens is 2. The van der Waals surface area contributed by atoms with E-state index in [4.69, 9.17) is 9.26 Å². The molecule has 0 spiro atoms. The number of fused-ring (bicyclic) bond motifs is 1. The van der Waals surface area contributed by atoms with E-state index < -0.39 is 0 Å². The van der Waals surface area contributed by atoms with Crippen molar-refractivity contribution >= 4 is 17.2 Å². The lowest BCUT2D eigenvalue weighted by molar-refractivity contribution is 0.0331. The number of carbonyl (C=O) groups excluding carboxylic acids is 1. The molecule has 3 atom stereocenters. The van der Waals surface area contributed by atoms with Gasteiger partial charge in [-0.1, -0.05) is 5.16 Å². The molecule has 7 heteroatoms. The first-order valence-corrected chi connectivity index (χ1v) is 8.76. The highest BCUT2D eigenvalue weighted by Gasteiger charge is 2.44. The molecule has 0 radical (unpaired) electrons. The van der Waals surface area contributed by atoms with Gasteiger partial charge in [0, 0.05) is 19.0 Å². The summed E-state index contributed by atoms with van der Waals surface area (Å²) in [6.07, 6.45) is 1.85. The van der Waals surface area contributed by atoms with Gasteiger partial charge >= 0.3 is 0 Å². The van der Waals surface area contributed by atoms with Crippen LogP contribution in [0.25, 0.3) is 0 Å².